The van der Waals surface area contributed by atoms with Gasteiger partial charge in [-0.15, -0.1) is 0 Å². The molecule has 1 amide bonds. The van der Waals surface area contributed by atoms with E-state index in [2.05, 4.69) is 0 Å². The molecule has 5 nitrogen and oxygen atoms in total. The number of aliphatic carboxylic acids is 1. The number of amides is 1. The average molecular weight is 262 g/mol. The van der Waals surface area contributed by atoms with E-state index in [-0.39, 0.29) is 18.4 Å². The highest BCUT2D eigenvalue weighted by Gasteiger charge is 2.30. The summed E-state index contributed by atoms with van der Waals surface area (Å²) in [5, 5.41) is 8.87. The summed E-state index contributed by atoms with van der Waals surface area (Å²) in [6.45, 7) is 2.48. The van der Waals surface area contributed by atoms with Gasteiger partial charge in [0.2, 0.25) is 0 Å². The second-order valence-corrected chi connectivity index (χ2v) is 4.96. The van der Waals surface area contributed by atoms with Crippen molar-refractivity contribution in [3.63, 3.8) is 0 Å². The topological polar surface area (TPSA) is 83.6 Å². The molecule has 1 aromatic rings. The molecule has 0 aromatic heterocycles. The normalized spacial score (nSPS) is 18.6. The van der Waals surface area contributed by atoms with E-state index in [9.17, 15) is 9.59 Å². The standard InChI is InChI=1S/C14H18N2O3/c1-9-7-10(4-5-12(9)15)14(19)16-6-2-3-11(16)8-13(17)18/h4-5,7,11H,2-3,6,8,15H2,1H3,(H,17,18). The summed E-state index contributed by atoms with van der Waals surface area (Å²) in [6.07, 6.45) is 1.63. The average Bonchev–Trinajstić information content (AvgIpc) is 2.79. The maximum atomic E-state index is 12.4. The molecule has 19 heavy (non-hydrogen) atoms. The first-order valence-electron chi connectivity index (χ1n) is 6.38. The van der Waals surface area contributed by atoms with Crippen molar-refractivity contribution >= 4 is 17.6 Å². The van der Waals surface area contributed by atoms with Crippen molar-refractivity contribution in [2.75, 3.05) is 12.3 Å². The molecule has 0 aliphatic carbocycles. The summed E-state index contributed by atoms with van der Waals surface area (Å²) >= 11 is 0. The van der Waals surface area contributed by atoms with Gasteiger partial charge in [0.1, 0.15) is 0 Å². The quantitative estimate of drug-likeness (QED) is 0.811. The number of anilines is 1. The lowest BCUT2D eigenvalue weighted by Gasteiger charge is -2.23. The van der Waals surface area contributed by atoms with Crippen molar-refractivity contribution in [3.8, 4) is 0 Å². The van der Waals surface area contributed by atoms with Gasteiger partial charge < -0.3 is 15.7 Å². The van der Waals surface area contributed by atoms with E-state index < -0.39 is 5.97 Å². The van der Waals surface area contributed by atoms with Crippen LogP contribution >= 0.6 is 0 Å². The van der Waals surface area contributed by atoms with Crippen LogP contribution < -0.4 is 5.73 Å². The van der Waals surface area contributed by atoms with Crippen LogP contribution in [0.2, 0.25) is 0 Å². The second-order valence-electron chi connectivity index (χ2n) is 4.96. The van der Waals surface area contributed by atoms with Crippen LogP contribution in [0.3, 0.4) is 0 Å². The number of carbonyl (C=O) groups excluding carboxylic acids is 1. The monoisotopic (exact) mass is 262 g/mol. The van der Waals surface area contributed by atoms with Crippen LogP contribution in [0.1, 0.15) is 35.2 Å². The maximum absolute atomic E-state index is 12.4. The molecule has 0 spiro atoms. The smallest absolute Gasteiger partial charge is 0.305 e. The summed E-state index contributed by atoms with van der Waals surface area (Å²) in [5.41, 5.74) is 7.82. The number of nitrogens with two attached hydrogens (primary N) is 1. The Kier molecular flexibility index (Phi) is 3.74. The largest absolute Gasteiger partial charge is 0.481 e. The first kappa shape index (κ1) is 13.4. The van der Waals surface area contributed by atoms with Crippen LogP contribution in [0.5, 0.6) is 0 Å². The molecule has 0 bridgehead atoms. The van der Waals surface area contributed by atoms with Gasteiger partial charge in [0.15, 0.2) is 0 Å². The van der Waals surface area contributed by atoms with E-state index in [4.69, 9.17) is 10.8 Å². The predicted molar refractivity (Wildman–Crippen MR) is 71.9 cm³/mol. The van der Waals surface area contributed by atoms with E-state index in [0.717, 1.165) is 18.4 Å². The number of benzene rings is 1. The molecule has 102 valence electrons. The molecule has 1 aliphatic heterocycles. The van der Waals surface area contributed by atoms with Crippen molar-refractivity contribution in [1.82, 2.24) is 4.90 Å². The predicted octanol–water partition coefficient (Wildman–Crippen LogP) is 1.66. The number of carboxylic acid groups (broad SMARTS) is 1. The van der Waals surface area contributed by atoms with Crippen molar-refractivity contribution < 1.29 is 14.7 Å². The number of hydrogen-bond donors (Lipinski definition) is 2. The third-order valence-electron chi connectivity index (χ3n) is 3.56. The lowest BCUT2D eigenvalue weighted by Crippen LogP contribution is -2.36. The third-order valence-corrected chi connectivity index (χ3v) is 3.56. The zero-order chi connectivity index (χ0) is 14.0. The van der Waals surface area contributed by atoms with E-state index in [1.807, 2.05) is 6.92 Å². The number of carboxylic acids is 1. The Morgan fingerprint density at radius 3 is 2.84 bits per heavy atom. The van der Waals surface area contributed by atoms with Crippen molar-refractivity contribution in [1.29, 1.82) is 0 Å². The molecule has 1 atom stereocenters. The van der Waals surface area contributed by atoms with Gasteiger partial charge >= 0.3 is 5.97 Å². The Labute approximate surface area is 112 Å². The van der Waals surface area contributed by atoms with Gasteiger partial charge in [-0.25, -0.2) is 0 Å². The van der Waals surface area contributed by atoms with E-state index in [0.29, 0.717) is 17.8 Å². The summed E-state index contributed by atoms with van der Waals surface area (Å²) < 4.78 is 0. The van der Waals surface area contributed by atoms with Crippen LogP contribution in [0.15, 0.2) is 18.2 Å². The van der Waals surface area contributed by atoms with Crippen LogP contribution in [-0.4, -0.2) is 34.5 Å². The highest BCUT2D eigenvalue weighted by Crippen LogP contribution is 2.23. The minimum Gasteiger partial charge on any atom is -0.481 e. The Hall–Kier alpha value is -2.04. The molecule has 5 heteroatoms. The Morgan fingerprint density at radius 1 is 1.47 bits per heavy atom. The van der Waals surface area contributed by atoms with Crippen molar-refractivity contribution in [2.45, 2.75) is 32.2 Å². The van der Waals surface area contributed by atoms with Crippen LogP contribution in [0.4, 0.5) is 5.69 Å². The van der Waals surface area contributed by atoms with E-state index in [1.54, 1.807) is 23.1 Å². The van der Waals surface area contributed by atoms with Crippen LogP contribution in [-0.2, 0) is 4.79 Å². The van der Waals surface area contributed by atoms with Crippen LogP contribution in [0, 0.1) is 6.92 Å². The molecule has 1 aromatic carbocycles. The van der Waals surface area contributed by atoms with Gasteiger partial charge in [-0.1, -0.05) is 0 Å². The minimum atomic E-state index is -0.863. The van der Waals surface area contributed by atoms with E-state index >= 15 is 0 Å². The third kappa shape index (κ3) is 2.86. The fourth-order valence-corrected chi connectivity index (χ4v) is 2.49. The second kappa shape index (κ2) is 5.30. The molecule has 0 radical (unpaired) electrons. The van der Waals surface area contributed by atoms with Gasteiger partial charge in [-0.2, -0.15) is 0 Å². The maximum Gasteiger partial charge on any atom is 0.305 e. The first-order valence-corrected chi connectivity index (χ1v) is 6.38. The highest BCUT2D eigenvalue weighted by molar-refractivity contribution is 5.95. The Morgan fingerprint density at radius 2 is 2.21 bits per heavy atom. The summed E-state index contributed by atoms with van der Waals surface area (Å²) in [6, 6.07) is 4.97. The Bertz CT molecular complexity index is 513. The fourth-order valence-electron chi connectivity index (χ4n) is 2.49. The number of carbonyl (C=O) groups is 2. The van der Waals surface area contributed by atoms with Gasteiger partial charge in [0, 0.05) is 23.8 Å². The first-order chi connectivity index (χ1) is 8.99. The molecular weight excluding hydrogens is 244 g/mol. The molecular formula is C14H18N2O3. The molecule has 1 heterocycles. The van der Waals surface area contributed by atoms with Gasteiger partial charge in [-0.3, -0.25) is 9.59 Å². The molecule has 0 saturated carbocycles. The van der Waals surface area contributed by atoms with Crippen LogP contribution in [0.25, 0.3) is 0 Å². The number of likely N-dealkylation sites (tertiary alicyclic amines) is 1. The number of nitrogen functional groups attached to an aromatic ring is 1. The summed E-state index contributed by atoms with van der Waals surface area (Å²) in [4.78, 5) is 24.9. The Balaban J connectivity index is 2.18. The minimum absolute atomic E-state index is 0.0136. The van der Waals surface area contributed by atoms with Crippen molar-refractivity contribution in [2.24, 2.45) is 0 Å². The number of rotatable bonds is 3. The lowest BCUT2D eigenvalue weighted by atomic mass is 10.1. The van der Waals surface area contributed by atoms with Crippen molar-refractivity contribution in [3.05, 3.63) is 29.3 Å². The SMILES string of the molecule is Cc1cc(C(=O)N2CCCC2CC(=O)O)ccc1N. The molecule has 1 saturated heterocycles. The molecule has 1 aliphatic rings. The summed E-state index contributed by atoms with van der Waals surface area (Å²) in [5.74, 6) is -0.968. The molecule has 2 rings (SSSR count). The van der Waals surface area contributed by atoms with E-state index in [1.165, 1.54) is 0 Å². The zero-order valence-corrected chi connectivity index (χ0v) is 10.9. The van der Waals surface area contributed by atoms with Gasteiger partial charge in [0.05, 0.1) is 6.42 Å². The zero-order valence-electron chi connectivity index (χ0n) is 10.9. The summed E-state index contributed by atoms with van der Waals surface area (Å²) in [7, 11) is 0. The molecule has 3 N–H and O–H groups in total. The molecule has 1 fully saturated rings. The number of nitrogens with zero attached hydrogens (tertiary/aromatic N) is 1. The number of aryl methyl sites for hydroxylation is 1. The highest BCUT2D eigenvalue weighted by atomic mass is 16.4. The fraction of sp³-hybridized carbons (Fsp3) is 0.429. The number of hydrogen-bond acceptors (Lipinski definition) is 3. The van der Waals surface area contributed by atoms with Gasteiger partial charge in [0.25, 0.3) is 5.91 Å². The molecule has 1 unspecified atom stereocenters. The van der Waals surface area contributed by atoms with Gasteiger partial charge in [-0.05, 0) is 43.5 Å². The lowest BCUT2D eigenvalue weighted by molar-refractivity contribution is -0.137.